The largest absolute Gasteiger partial charge is 0.371 e. The summed E-state index contributed by atoms with van der Waals surface area (Å²) >= 11 is 0. The van der Waals surface area contributed by atoms with Gasteiger partial charge in [-0.3, -0.25) is 14.9 Å². The summed E-state index contributed by atoms with van der Waals surface area (Å²) in [5.41, 5.74) is 0.826. The van der Waals surface area contributed by atoms with E-state index in [1.807, 2.05) is 0 Å². The normalized spacial score (nSPS) is 20.3. The number of carbonyl (C=O) groups excluding carboxylic acids is 1. The average Bonchev–Trinajstić information content (AvgIpc) is 2.95. The van der Waals surface area contributed by atoms with E-state index in [0.717, 1.165) is 31.6 Å². The summed E-state index contributed by atoms with van der Waals surface area (Å²) < 4.78 is 11.4. The number of nitrogens with zero attached hydrogens (tertiary/aromatic N) is 2. The summed E-state index contributed by atoms with van der Waals surface area (Å²) in [7, 11) is 0. The highest BCUT2D eigenvalue weighted by Crippen LogP contribution is 2.34. The first kappa shape index (κ1) is 14.9. The van der Waals surface area contributed by atoms with Crippen LogP contribution in [-0.4, -0.2) is 42.8 Å². The van der Waals surface area contributed by atoms with Crippen LogP contribution < -0.4 is 4.90 Å². The van der Waals surface area contributed by atoms with Crippen LogP contribution in [0.1, 0.15) is 30.1 Å². The van der Waals surface area contributed by atoms with Crippen molar-refractivity contribution < 1.29 is 19.2 Å². The molecule has 0 radical (unpaired) electrons. The van der Waals surface area contributed by atoms with Gasteiger partial charge >= 0.3 is 0 Å². The van der Waals surface area contributed by atoms with Crippen LogP contribution >= 0.6 is 0 Å². The van der Waals surface area contributed by atoms with Crippen LogP contribution in [0.15, 0.2) is 18.2 Å². The highest BCUT2D eigenvalue weighted by Gasteiger charge is 2.40. The number of benzene rings is 1. The van der Waals surface area contributed by atoms with Gasteiger partial charge in [-0.15, -0.1) is 0 Å². The Morgan fingerprint density at radius 2 is 1.91 bits per heavy atom. The van der Waals surface area contributed by atoms with Gasteiger partial charge in [0.1, 0.15) is 0 Å². The molecule has 0 bridgehead atoms. The summed E-state index contributed by atoms with van der Waals surface area (Å²) in [4.78, 5) is 24.2. The number of ether oxygens (including phenoxy) is 2. The summed E-state index contributed by atoms with van der Waals surface area (Å²) in [6.07, 6.45) is 1.50. The van der Waals surface area contributed by atoms with Gasteiger partial charge < -0.3 is 14.4 Å². The van der Waals surface area contributed by atoms with E-state index in [1.165, 1.54) is 13.0 Å². The van der Waals surface area contributed by atoms with Crippen LogP contribution in [0, 0.1) is 10.1 Å². The first-order chi connectivity index (χ1) is 10.5. The molecule has 1 aromatic rings. The molecule has 22 heavy (non-hydrogen) atoms. The number of Topliss-reactive ketones (excluding diaryl/α,β-unsaturated/α-hetero) is 1. The average molecular weight is 306 g/mol. The summed E-state index contributed by atoms with van der Waals surface area (Å²) in [6, 6.07) is 4.70. The number of anilines is 1. The van der Waals surface area contributed by atoms with Gasteiger partial charge in [-0.25, -0.2) is 0 Å². The van der Waals surface area contributed by atoms with Crippen LogP contribution in [0.25, 0.3) is 0 Å². The number of nitro groups is 1. The number of ketones is 1. The van der Waals surface area contributed by atoms with E-state index >= 15 is 0 Å². The molecule has 2 heterocycles. The predicted molar refractivity (Wildman–Crippen MR) is 79.2 cm³/mol. The minimum absolute atomic E-state index is 0.146. The number of nitro benzene ring substituents is 1. The minimum Gasteiger partial charge on any atom is -0.371 e. The molecule has 1 spiro atoms. The van der Waals surface area contributed by atoms with E-state index in [0.29, 0.717) is 13.2 Å². The van der Waals surface area contributed by atoms with E-state index in [-0.39, 0.29) is 17.0 Å². The van der Waals surface area contributed by atoms with Crippen molar-refractivity contribution in [1.29, 1.82) is 0 Å². The lowest BCUT2D eigenvalue weighted by molar-refractivity contribution is -0.385. The SMILES string of the molecule is CC(=O)c1cc(N2CCC3(CC2)OCCO3)ccc1[N+](=O)[O-]. The highest BCUT2D eigenvalue weighted by molar-refractivity contribution is 5.99. The van der Waals surface area contributed by atoms with Crippen molar-refractivity contribution in [3.05, 3.63) is 33.9 Å². The van der Waals surface area contributed by atoms with Gasteiger partial charge in [0.25, 0.3) is 5.69 Å². The second-order valence-electron chi connectivity index (χ2n) is 5.61. The molecule has 1 aromatic carbocycles. The molecule has 2 saturated heterocycles. The van der Waals surface area contributed by atoms with Crippen molar-refractivity contribution >= 4 is 17.2 Å². The Kier molecular flexibility index (Phi) is 3.84. The van der Waals surface area contributed by atoms with Gasteiger partial charge in [0.05, 0.1) is 23.7 Å². The standard InChI is InChI=1S/C15H18N2O5/c1-11(18)13-10-12(2-3-14(13)17(19)20)16-6-4-15(5-7-16)21-8-9-22-15/h2-3,10H,4-9H2,1H3. The molecule has 0 atom stereocenters. The van der Waals surface area contributed by atoms with Crippen LogP contribution in [-0.2, 0) is 9.47 Å². The fourth-order valence-electron chi connectivity index (χ4n) is 3.05. The van der Waals surface area contributed by atoms with Gasteiger partial charge in [0.2, 0.25) is 0 Å². The lowest BCUT2D eigenvalue weighted by Crippen LogP contribution is -2.45. The van der Waals surface area contributed by atoms with Gasteiger partial charge in [0.15, 0.2) is 11.6 Å². The first-order valence-electron chi connectivity index (χ1n) is 7.33. The first-order valence-corrected chi connectivity index (χ1v) is 7.33. The van der Waals surface area contributed by atoms with Gasteiger partial charge in [-0.1, -0.05) is 0 Å². The number of hydrogen-bond donors (Lipinski definition) is 0. The molecular formula is C15H18N2O5. The predicted octanol–water partition coefficient (Wildman–Crippen LogP) is 2.14. The quantitative estimate of drug-likeness (QED) is 0.483. The lowest BCUT2D eigenvalue weighted by atomic mass is 10.0. The molecule has 0 unspecified atom stereocenters. The van der Waals surface area contributed by atoms with Crippen LogP contribution in [0.5, 0.6) is 0 Å². The Labute approximate surface area is 128 Å². The van der Waals surface area contributed by atoms with Gasteiger partial charge in [0, 0.05) is 37.7 Å². The third-order valence-electron chi connectivity index (χ3n) is 4.26. The molecule has 0 aliphatic carbocycles. The minimum atomic E-state index is -0.522. The second-order valence-corrected chi connectivity index (χ2v) is 5.61. The molecule has 0 amide bonds. The molecule has 7 heteroatoms. The van der Waals surface area contributed by atoms with Gasteiger partial charge in [-0.2, -0.15) is 0 Å². The Hall–Kier alpha value is -1.99. The summed E-state index contributed by atoms with van der Waals surface area (Å²) in [5.74, 6) is -0.759. The summed E-state index contributed by atoms with van der Waals surface area (Å²) in [5, 5.41) is 11.0. The molecule has 3 rings (SSSR count). The fourth-order valence-corrected chi connectivity index (χ4v) is 3.05. The zero-order valence-corrected chi connectivity index (χ0v) is 12.4. The Balaban J connectivity index is 1.79. The summed E-state index contributed by atoms with van der Waals surface area (Å²) in [6.45, 7) is 4.07. The Bertz CT molecular complexity index is 600. The molecule has 0 aromatic heterocycles. The zero-order chi connectivity index (χ0) is 15.7. The smallest absolute Gasteiger partial charge is 0.280 e. The number of carbonyl (C=O) groups is 1. The molecule has 0 N–H and O–H groups in total. The van der Waals surface area contributed by atoms with Crippen molar-refractivity contribution in [2.24, 2.45) is 0 Å². The maximum atomic E-state index is 11.6. The van der Waals surface area contributed by atoms with E-state index in [9.17, 15) is 14.9 Å². The van der Waals surface area contributed by atoms with E-state index in [1.54, 1.807) is 12.1 Å². The molecule has 2 aliphatic rings. The monoisotopic (exact) mass is 306 g/mol. The maximum absolute atomic E-state index is 11.6. The van der Waals surface area contributed by atoms with Crippen molar-refractivity contribution in [3.8, 4) is 0 Å². The van der Waals surface area contributed by atoms with E-state index < -0.39 is 10.7 Å². The number of hydrogen-bond acceptors (Lipinski definition) is 6. The van der Waals surface area contributed by atoms with E-state index in [2.05, 4.69) is 4.90 Å². The lowest BCUT2D eigenvalue weighted by Gasteiger charge is -2.38. The third-order valence-corrected chi connectivity index (χ3v) is 4.26. The number of piperidine rings is 1. The van der Waals surface area contributed by atoms with Crippen LogP contribution in [0.3, 0.4) is 0 Å². The van der Waals surface area contributed by atoms with E-state index in [4.69, 9.17) is 9.47 Å². The van der Waals surface area contributed by atoms with Gasteiger partial charge in [-0.05, 0) is 19.1 Å². The Morgan fingerprint density at radius 3 is 2.45 bits per heavy atom. The van der Waals surface area contributed by atoms with Crippen molar-refractivity contribution in [3.63, 3.8) is 0 Å². The molecular weight excluding hydrogens is 288 g/mol. The third kappa shape index (κ3) is 2.69. The highest BCUT2D eigenvalue weighted by atomic mass is 16.7. The topological polar surface area (TPSA) is 81.9 Å². The molecule has 2 aliphatic heterocycles. The van der Waals surface area contributed by atoms with Crippen molar-refractivity contribution in [2.75, 3.05) is 31.2 Å². The molecule has 118 valence electrons. The van der Waals surface area contributed by atoms with Crippen molar-refractivity contribution in [2.45, 2.75) is 25.6 Å². The number of rotatable bonds is 3. The maximum Gasteiger partial charge on any atom is 0.280 e. The fraction of sp³-hybridized carbons (Fsp3) is 0.533. The van der Waals surface area contributed by atoms with Crippen LogP contribution in [0.2, 0.25) is 0 Å². The Morgan fingerprint density at radius 1 is 1.27 bits per heavy atom. The van der Waals surface area contributed by atoms with Crippen LogP contribution in [0.4, 0.5) is 11.4 Å². The zero-order valence-electron chi connectivity index (χ0n) is 12.4. The van der Waals surface area contributed by atoms with Crippen molar-refractivity contribution in [1.82, 2.24) is 0 Å². The molecule has 2 fully saturated rings. The molecule has 0 saturated carbocycles. The molecule has 7 nitrogen and oxygen atoms in total. The second kappa shape index (κ2) is 5.66.